The molecule has 2 N–H and O–H groups in total. The molecule has 1 aromatic rings. The predicted molar refractivity (Wildman–Crippen MR) is 80.5 cm³/mol. The minimum atomic E-state index is -0.297. The monoisotopic (exact) mass is 291 g/mol. The summed E-state index contributed by atoms with van der Waals surface area (Å²) < 4.78 is 12.9. The molecule has 5 heteroatoms. The number of hydrogen-bond acceptors (Lipinski definition) is 3. The van der Waals surface area contributed by atoms with Gasteiger partial charge in [0.2, 0.25) is 5.91 Å². The number of amides is 1. The molecule has 1 aromatic carbocycles. The summed E-state index contributed by atoms with van der Waals surface area (Å²) >= 11 is 0. The molecule has 2 fully saturated rings. The number of nitrogens with one attached hydrogen (secondary N) is 2. The number of carbonyl (C=O) groups excluding carboxylic acids is 1. The second kappa shape index (κ2) is 5.39. The molecule has 0 bridgehead atoms. The molecule has 1 amide bonds. The van der Waals surface area contributed by atoms with Crippen LogP contribution in [-0.4, -0.2) is 42.5 Å². The number of benzene rings is 1. The van der Waals surface area contributed by atoms with Gasteiger partial charge in [-0.05, 0) is 56.5 Å². The molecule has 2 aliphatic heterocycles. The van der Waals surface area contributed by atoms with Gasteiger partial charge in [0.25, 0.3) is 0 Å². The minimum Gasteiger partial charge on any atom is -0.325 e. The maximum Gasteiger partial charge on any atom is 0.238 e. The number of likely N-dealkylation sites (tertiary alicyclic amines) is 1. The molecule has 0 aliphatic carbocycles. The van der Waals surface area contributed by atoms with Gasteiger partial charge in [0, 0.05) is 24.3 Å². The molecule has 2 saturated heterocycles. The fraction of sp³-hybridized carbons (Fsp3) is 0.562. The second-order valence-corrected chi connectivity index (χ2v) is 6.61. The Morgan fingerprint density at radius 1 is 1.38 bits per heavy atom. The van der Waals surface area contributed by atoms with E-state index < -0.39 is 0 Å². The smallest absolute Gasteiger partial charge is 0.238 e. The Labute approximate surface area is 124 Å². The van der Waals surface area contributed by atoms with E-state index in [4.69, 9.17) is 0 Å². The van der Waals surface area contributed by atoms with Crippen LogP contribution in [0.25, 0.3) is 0 Å². The van der Waals surface area contributed by atoms with Gasteiger partial charge in [-0.2, -0.15) is 0 Å². The summed E-state index contributed by atoms with van der Waals surface area (Å²) in [5.41, 5.74) is 0.675. The van der Waals surface area contributed by atoms with Gasteiger partial charge in [0.1, 0.15) is 5.82 Å². The number of fused-ring (bicyclic) bond motifs is 1. The highest BCUT2D eigenvalue weighted by Gasteiger charge is 2.49. The molecule has 2 heterocycles. The first-order valence-corrected chi connectivity index (χ1v) is 7.48. The summed E-state index contributed by atoms with van der Waals surface area (Å²) in [6.45, 7) is 7.86. The van der Waals surface area contributed by atoms with Crippen LogP contribution in [0.15, 0.2) is 24.3 Å². The molecule has 2 atom stereocenters. The normalized spacial score (nSPS) is 27.6. The van der Waals surface area contributed by atoms with Crippen LogP contribution in [0, 0.1) is 17.7 Å². The van der Waals surface area contributed by atoms with Crippen molar-refractivity contribution < 1.29 is 9.18 Å². The molecule has 0 saturated carbocycles. The number of hydrogen-bond donors (Lipinski definition) is 2. The van der Waals surface area contributed by atoms with E-state index in [-0.39, 0.29) is 17.3 Å². The average Bonchev–Trinajstić information content (AvgIpc) is 2.97. The Kier molecular flexibility index (Phi) is 3.71. The summed E-state index contributed by atoms with van der Waals surface area (Å²) in [7, 11) is 0. The van der Waals surface area contributed by atoms with E-state index in [1.165, 1.54) is 12.1 Å². The van der Waals surface area contributed by atoms with Crippen molar-refractivity contribution in [1.82, 2.24) is 10.2 Å². The van der Waals surface area contributed by atoms with Crippen molar-refractivity contribution in [2.75, 3.05) is 31.5 Å². The van der Waals surface area contributed by atoms with Gasteiger partial charge in [-0.25, -0.2) is 4.39 Å². The molecule has 0 radical (unpaired) electrons. The van der Waals surface area contributed by atoms with E-state index in [1.54, 1.807) is 12.1 Å². The van der Waals surface area contributed by atoms with Crippen molar-refractivity contribution >= 4 is 11.6 Å². The molecule has 21 heavy (non-hydrogen) atoms. The molecular weight excluding hydrogens is 269 g/mol. The zero-order valence-corrected chi connectivity index (χ0v) is 12.5. The van der Waals surface area contributed by atoms with Crippen molar-refractivity contribution in [3.8, 4) is 0 Å². The number of anilines is 1. The Morgan fingerprint density at radius 2 is 2.10 bits per heavy atom. The Balaban J connectivity index is 1.61. The molecule has 0 spiro atoms. The highest BCUT2D eigenvalue weighted by molar-refractivity contribution is 5.92. The predicted octanol–water partition coefficient (Wildman–Crippen LogP) is 1.69. The zero-order valence-electron chi connectivity index (χ0n) is 12.5. The summed E-state index contributed by atoms with van der Waals surface area (Å²) in [6, 6.07) is 5.87. The quantitative estimate of drug-likeness (QED) is 0.891. The topological polar surface area (TPSA) is 44.4 Å². The summed E-state index contributed by atoms with van der Waals surface area (Å²) in [4.78, 5) is 14.5. The van der Waals surface area contributed by atoms with E-state index in [0.717, 1.165) is 19.6 Å². The average molecular weight is 291 g/mol. The zero-order chi connectivity index (χ0) is 15.0. The number of carbonyl (C=O) groups is 1. The Morgan fingerprint density at radius 3 is 2.76 bits per heavy atom. The maximum absolute atomic E-state index is 12.9. The number of halogens is 1. The van der Waals surface area contributed by atoms with Crippen molar-refractivity contribution in [3.05, 3.63) is 30.1 Å². The molecular formula is C16H22FN3O. The van der Waals surface area contributed by atoms with Gasteiger partial charge in [-0.15, -0.1) is 0 Å². The van der Waals surface area contributed by atoms with Crippen LogP contribution < -0.4 is 10.6 Å². The maximum atomic E-state index is 12.9. The lowest BCUT2D eigenvalue weighted by Crippen LogP contribution is -2.47. The van der Waals surface area contributed by atoms with E-state index in [0.29, 0.717) is 24.1 Å². The fourth-order valence-electron chi connectivity index (χ4n) is 3.68. The minimum absolute atomic E-state index is 0.0360. The van der Waals surface area contributed by atoms with E-state index >= 15 is 0 Å². The highest BCUT2D eigenvalue weighted by Crippen LogP contribution is 2.40. The molecule has 114 valence electrons. The van der Waals surface area contributed by atoms with Gasteiger partial charge in [0.15, 0.2) is 0 Å². The SMILES string of the molecule is CC1(C)C2CNCC2CN1CC(=O)Nc1ccc(F)cc1. The summed E-state index contributed by atoms with van der Waals surface area (Å²) in [5, 5.41) is 6.27. The van der Waals surface area contributed by atoms with Gasteiger partial charge < -0.3 is 10.6 Å². The summed E-state index contributed by atoms with van der Waals surface area (Å²) in [5.74, 6) is 0.909. The van der Waals surface area contributed by atoms with Crippen molar-refractivity contribution in [1.29, 1.82) is 0 Å². The van der Waals surface area contributed by atoms with Crippen LogP contribution in [0.2, 0.25) is 0 Å². The lowest BCUT2D eigenvalue weighted by molar-refractivity contribution is -0.118. The van der Waals surface area contributed by atoms with Crippen LogP contribution in [0.5, 0.6) is 0 Å². The standard InChI is InChI=1S/C16H22FN3O/c1-16(2)14-8-18-7-11(14)9-20(16)10-15(21)19-13-5-3-12(17)4-6-13/h3-6,11,14,18H,7-10H2,1-2H3,(H,19,21). The van der Waals surface area contributed by atoms with Gasteiger partial charge in [0.05, 0.1) is 6.54 Å². The van der Waals surface area contributed by atoms with Gasteiger partial charge in [-0.1, -0.05) is 0 Å². The lowest BCUT2D eigenvalue weighted by atomic mass is 9.85. The Bertz CT molecular complexity index is 529. The summed E-state index contributed by atoms with van der Waals surface area (Å²) in [6.07, 6.45) is 0. The first kappa shape index (κ1) is 14.5. The van der Waals surface area contributed by atoms with Crippen LogP contribution in [0.4, 0.5) is 10.1 Å². The molecule has 2 aliphatic rings. The molecule has 0 aromatic heterocycles. The highest BCUT2D eigenvalue weighted by atomic mass is 19.1. The molecule has 3 rings (SSSR count). The van der Waals surface area contributed by atoms with Crippen LogP contribution in [0.3, 0.4) is 0 Å². The third-order valence-corrected chi connectivity index (χ3v) is 4.98. The van der Waals surface area contributed by atoms with Crippen LogP contribution >= 0.6 is 0 Å². The third kappa shape index (κ3) is 2.80. The largest absolute Gasteiger partial charge is 0.325 e. The Hall–Kier alpha value is -1.46. The van der Waals surface area contributed by atoms with E-state index in [9.17, 15) is 9.18 Å². The van der Waals surface area contributed by atoms with Gasteiger partial charge in [-0.3, -0.25) is 9.69 Å². The number of nitrogens with zero attached hydrogens (tertiary/aromatic N) is 1. The fourth-order valence-corrected chi connectivity index (χ4v) is 3.68. The number of rotatable bonds is 3. The van der Waals surface area contributed by atoms with Crippen molar-refractivity contribution in [3.63, 3.8) is 0 Å². The third-order valence-electron chi connectivity index (χ3n) is 4.98. The lowest BCUT2D eigenvalue weighted by Gasteiger charge is -2.35. The van der Waals surface area contributed by atoms with Crippen LogP contribution in [-0.2, 0) is 4.79 Å². The van der Waals surface area contributed by atoms with E-state index in [2.05, 4.69) is 29.4 Å². The van der Waals surface area contributed by atoms with Crippen molar-refractivity contribution in [2.45, 2.75) is 19.4 Å². The van der Waals surface area contributed by atoms with Gasteiger partial charge >= 0.3 is 0 Å². The first-order valence-electron chi connectivity index (χ1n) is 7.48. The van der Waals surface area contributed by atoms with E-state index in [1.807, 2.05) is 0 Å². The van der Waals surface area contributed by atoms with Crippen LogP contribution in [0.1, 0.15) is 13.8 Å². The molecule has 2 unspecified atom stereocenters. The molecule has 4 nitrogen and oxygen atoms in total. The second-order valence-electron chi connectivity index (χ2n) is 6.61. The first-order chi connectivity index (χ1) is 9.96. The van der Waals surface area contributed by atoms with Crippen molar-refractivity contribution in [2.24, 2.45) is 11.8 Å².